The standard InChI is InChI=1S/C16H25BrO/c1-13(2)6-4-8-15(12-17)10-14-7-5-9-16(11-14)18-3/h5,7,9,11,13,15H,4,6,8,10,12H2,1-3H3. The van der Waals surface area contributed by atoms with Crippen LogP contribution >= 0.6 is 15.9 Å². The SMILES string of the molecule is COc1cccc(CC(CBr)CCCC(C)C)c1. The van der Waals surface area contributed by atoms with Crippen LogP contribution in [0.1, 0.15) is 38.7 Å². The minimum absolute atomic E-state index is 0.732. The van der Waals surface area contributed by atoms with E-state index in [9.17, 15) is 0 Å². The Bertz CT molecular complexity index is 336. The molecule has 0 aromatic heterocycles. The van der Waals surface area contributed by atoms with Crippen molar-refractivity contribution in [3.8, 4) is 5.75 Å². The lowest BCUT2D eigenvalue weighted by Gasteiger charge is -2.15. The van der Waals surface area contributed by atoms with E-state index in [4.69, 9.17) is 4.74 Å². The average molecular weight is 313 g/mol. The summed E-state index contributed by atoms with van der Waals surface area (Å²) in [4.78, 5) is 0. The van der Waals surface area contributed by atoms with Gasteiger partial charge in [0, 0.05) is 5.33 Å². The highest BCUT2D eigenvalue weighted by atomic mass is 79.9. The fourth-order valence-corrected chi connectivity index (χ4v) is 2.73. The van der Waals surface area contributed by atoms with E-state index < -0.39 is 0 Å². The lowest BCUT2D eigenvalue weighted by atomic mass is 9.94. The van der Waals surface area contributed by atoms with Crippen LogP contribution in [0.4, 0.5) is 0 Å². The van der Waals surface area contributed by atoms with Crippen LogP contribution in [0.5, 0.6) is 5.75 Å². The van der Waals surface area contributed by atoms with Crippen LogP contribution in [0.15, 0.2) is 24.3 Å². The van der Waals surface area contributed by atoms with Gasteiger partial charge in [0.2, 0.25) is 0 Å². The first-order valence-electron chi connectivity index (χ1n) is 6.84. The van der Waals surface area contributed by atoms with Gasteiger partial charge in [0.25, 0.3) is 0 Å². The van der Waals surface area contributed by atoms with Gasteiger partial charge in [-0.2, -0.15) is 0 Å². The van der Waals surface area contributed by atoms with E-state index in [2.05, 4.69) is 48.0 Å². The van der Waals surface area contributed by atoms with Gasteiger partial charge in [0.05, 0.1) is 7.11 Å². The normalized spacial score (nSPS) is 12.7. The van der Waals surface area contributed by atoms with Crippen molar-refractivity contribution in [1.82, 2.24) is 0 Å². The molecule has 0 spiro atoms. The Labute approximate surface area is 120 Å². The molecule has 1 unspecified atom stereocenters. The molecule has 1 aromatic rings. The molecule has 0 amide bonds. The summed E-state index contributed by atoms with van der Waals surface area (Å²) >= 11 is 3.64. The van der Waals surface area contributed by atoms with Crippen molar-refractivity contribution < 1.29 is 4.74 Å². The molecule has 1 atom stereocenters. The highest BCUT2D eigenvalue weighted by Crippen LogP contribution is 2.21. The highest BCUT2D eigenvalue weighted by Gasteiger charge is 2.09. The Kier molecular flexibility index (Phi) is 7.41. The summed E-state index contributed by atoms with van der Waals surface area (Å²) in [5, 5.41) is 1.09. The van der Waals surface area contributed by atoms with E-state index in [-0.39, 0.29) is 0 Å². The number of hydrogen-bond donors (Lipinski definition) is 0. The summed E-state index contributed by atoms with van der Waals surface area (Å²) in [5.41, 5.74) is 1.38. The van der Waals surface area contributed by atoms with E-state index in [1.807, 2.05) is 6.07 Å². The zero-order chi connectivity index (χ0) is 13.4. The summed E-state index contributed by atoms with van der Waals surface area (Å²) in [7, 11) is 1.73. The second-order valence-electron chi connectivity index (χ2n) is 5.40. The lowest BCUT2D eigenvalue weighted by molar-refractivity contribution is 0.413. The molecule has 0 aliphatic rings. The van der Waals surface area contributed by atoms with Crippen LogP contribution in [0.25, 0.3) is 0 Å². The van der Waals surface area contributed by atoms with Crippen LogP contribution in [0.3, 0.4) is 0 Å². The second kappa shape index (κ2) is 8.58. The Balaban J connectivity index is 2.46. The van der Waals surface area contributed by atoms with Crippen LogP contribution < -0.4 is 4.74 Å². The van der Waals surface area contributed by atoms with Gasteiger partial charge in [0.1, 0.15) is 5.75 Å². The van der Waals surface area contributed by atoms with Crippen molar-refractivity contribution in [2.45, 2.75) is 39.5 Å². The highest BCUT2D eigenvalue weighted by molar-refractivity contribution is 9.09. The number of halogens is 1. The van der Waals surface area contributed by atoms with Crippen molar-refractivity contribution in [3.05, 3.63) is 29.8 Å². The Hall–Kier alpha value is -0.500. The number of alkyl halides is 1. The third kappa shape index (κ3) is 5.90. The molecule has 1 aromatic carbocycles. The Morgan fingerprint density at radius 2 is 2.00 bits per heavy atom. The summed E-state index contributed by atoms with van der Waals surface area (Å²) < 4.78 is 5.27. The van der Waals surface area contributed by atoms with Gasteiger partial charge in [-0.05, 0) is 42.4 Å². The minimum Gasteiger partial charge on any atom is -0.497 e. The van der Waals surface area contributed by atoms with Gasteiger partial charge in [0.15, 0.2) is 0 Å². The fraction of sp³-hybridized carbons (Fsp3) is 0.625. The van der Waals surface area contributed by atoms with Gasteiger partial charge in [-0.15, -0.1) is 0 Å². The second-order valence-corrected chi connectivity index (χ2v) is 6.05. The third-order valence-electron chi connectivity index (χ3n) is 3.27. The molecule has 102 valence electrons. The third-order valence-corrected chi connectivity index (χ3v) is 4.19. The number of ether oxygens (including phenoxy) is 1. The molecular weight excluding hydrogens is 288 g/mol. The zero-order valence-corrected chi connectivity index (χ0v) is 13.4. The minimum atomic E-state index is 0.732. The number of benzene rings is 1. The number of rotatable bonds is 8. The van der Waals surface area contributed by atoms with Crippen molar-refractivity contribution in [2.24, 2.45) is 11.8 Å². The van der Waals surface area contributed by atoms with E-state index in [1.54, 1.807) is 7.11 Å². The number of methoxy groups -OCH3 is 1. The Morgan fingerprint density at radius 3 is 2.61 bits per heavy atom. The predicted molar refractivity (Wildman–Crippen MR) is 82.7 cm³/mol. The molecule has 0 bridgehead atoms. The molecule has 0 fully saturated rings. The summed E-state index contributed by atoms with van der Waals surface area (Å²) in [5.74, 6) is 2.51. The maximum absolute atomic E-state index is 5.27. The quantitative estimate of drug-likeness (QED) is 0.608. The first kappa shape index (κ1) is 15.6. The van der Waals surface area contributed by atoms with Crippen molar-refractivity contribution >= 4 is 15.9 Å². The molecule has 0 radical (unpaired) electrons. The van der Waals surface area contributed by atoms with Gasteiger partial charge >= 0.3 is 0 Å². The van der Waals surface area contributed by atoms with E-state index in [1.165, 1.54) is 24.8 Å². The maximum Gasteiger partial charge on any atom is 0.119 e. The van der Waals surface area contributed by atoms with Crippen LogP contribution in [0.2, 0.25) is 0 Å². The first-order valence-corrected chi connectivity index (χ1v) is 7.96. The zero-order valence-electron chi connectivity index (χ0n) is 11.8. The molecule has 2 heteroatoms. The molecule has 0 N–H and O–H groups in total. The molecule has 1 nitrogen and oxygen atoms in total. The first-order chi connectivity index (χ1) is 8.65. The summed E-state index contributed by atoms with van der Waals surface area (Å²) in [6.07, 6.45) is 5.11. The monoisotopic (exact) mass is 312 g/mol. The molecule has 0 aliphatic carbocycles. The van der Waals surface area contributed by atoms with Gasteiger partial charge in [-0.3, -0.25) is 0 Å². The molecule has 0 saturated heterocycles. The van der Waals surface area contributed by atoms with E-state index in [0.29, 0.717) is 0 Å². The van der Waals surface area contributed by atoms with E-state index >= 15 is 0 Å². The Morgan fingerprint density at radius 1 is 1.22 bits per heavy atom. The molecule has 18 heavy (non-hydrogen) atoms. The van der Waals surface area contributed by atoms with Gasteiger partial charge < -0.3 is 4.74 Å². The average Bonchev–Trinajstić information content (AvgIpc) is 2.37. The van der Waals surface area contributed by atoms with Crippen LogP contribution in [-0.2, 0) is 6.42 Å². The molecule has 0 aliphatic heterocycles. The van der Waals surface area contributed by atoms with Crippen LogP contribution in [0, 0.1) is 11.8 Å². The summed E-state index contributed by atoms with van der Waals surface area (Å²) in [6.45, 7) is 4.59. The summed E-state index contributed by atoms with van der Waals surface area (Å²) in [6, 6.07) is 8.43. The predicted octanol–water partition coefficient (Wildman–Crippen LogP) is 5.08. The molecular formula is C16H25BrO. The van der Waals surface area contributed by atoms with Gasteiger partial charge in [-0.25, -0.2) is 0 Å². The van der Waals surface area contributed by atoms with E-state index in [0.717, 1.165) is 29.3 Å². The topological polar surface area (TPSA) is 9.23 Å². The molecule has 1 rings (SSSR count). The molecule has 0 heterocycles. The lowest BCUT2D eigenvalue weighted by Crippen LogP contribution is -2.07. The number of hydrogen-bond acceptors (Lipinski definition) is 1. The van der Waals surface area contributed by atoms with Crippen molar-refractivity contribution in [3.63, 3.8) is 0 Å². The largest absolute Gasteiger partial charge is 0.497 e. The van der Waals surface area contributed by atoms with Gasteiger partial charge in [-0.1, -0.05) is 54.8 Å². The fourth-order valence-electron chi connectivity index (χ4n) is 2.18. The van der Waals surface area contributed by atoms with Crippen molar-refractivity contribution in [2.75, 3.05) is 12.4 Å². The molecule has 0 saturated carbocycles. The van der Waals surface area contributed by atoms with Crippen molar-refractivity contribution in [1.29, 1.82) is 0 Å². The smallest absolute Gasteiger partial charge is 0.119 e. The maximum atomic E-state index is 5.27. The van der Waals surface area contributed by atoms with Crippen LogP contribution in [-0.4, -0.2) is 12.4 Å².